The summed E-state index contributed by atoms with van der Waals surface area (Å²) in [6.07, 6.45) is 9.37. The van der Waals surface area contributed by atoms with Gasteiger partial charge in [-0.05, 0) is 31.2 Å². The van der Waals surface area contributed by atoms with Crippen LogP contribution in [-0.4, -0.2) is 28.0 Å². The summed E-state index contributed by atoms with van der Waals surface area (Å²) < 4.78 is 13.0. The van der Waals surface area contributed by atoms with Crippen molar-refractivity contribution in [1.82, 2.24) is 4.98 Å². The summed E-state index contributed by atoms with van der Waals surface area (Å²) in [4.78, 5) is 24.5. The summed E-state index contributed by atoms with van der Waals surface area (Å²) in [6, 6.07) is 9.29. The van der Waals surface area contributed by atoms with Gasteiger partial charge in [0.1, 0.15) is 11.9 Å². The Hall–Kier alpha value is -2.80. The normalized spacial score (nSPS) is 13.8. The fourth-order valence-corrected chi connectivity index (χ4v) is 2.42. The number of amides is 2. The molecule has 2 aromatic rings. The summed E-state index contributed by atoms with van der Waals surface area (Å²) in [5.41, 5.74) is 11.2. The number of aliphatic hydroxyl groups excluding tert-OH is 1. The minimum absolute atomic E-state index is 0.321. The van der Waals surface area contributed by atoms with Crippen molar-refractivity contribution in [3.63, 3.8) is 0 Å². The minimum atomic E-state index is -1.01. The summed E-state index contributed by atoms with van der Waals surface area (Å²) in [6.45, 7) is 1.32. The van der Waals surface area contributed by atoms with Gasteiger partial charge in [0.2, 0.25) is 11.8 Å². The highest BCUT2D eigenvalue weighted by Gasteiger charge is 2.03. The second-order valence-electron chi connectivity index (χ2n) is 6.51. The van der Waals surface area contributed by atoms with E-state index in [0.29, 0.717) is 16.8 Å². The Balaban J connectivity index is 0.000000268. The number of pyridine rings is 1. The molecule has 0 radical (unpaired) electrons. The van der Waals surface area contributed by atoms with E-state index in [9.17, 15) is 14.0 Å². The molecule has 0 aliphatic heterocycles. The van der Waals surface area contributed by atoms with E-state index in [1.807, 2.05) is 0 Å². The Bertz CT molecular complexity index is 733. The van der Waals surface area contributed by atoms with E-state index in [1.54, 1.807) is 24.3 Å². The molecular weight excluding hydrogens is 361 g/mol. The van der Waals surface area contributed by atoms with Crippen LogP contribution in [0.3, 0.4) is 0 Å². The number of aromatic nitrogens is 1. The maximum absolute atomic E-state index is 13.0. The van der Waals surface area contributed by atoms with Gasteiger partial charge in [0.25, 0.3) is 0 Å². The lowest BCUT2D eigenvalue weighted by Crippen LogP contribution is -2.24. The number of aliphatic hydroxyl groups is 1. The van der Waals surface area contributed by atoms with Crippen molar-refractivity contribution in [3.8, 4) is 11.3 Å². The predicted octanol–water partition coefficient (Wildman–Crippen LogP) is 3.18. The van der Waals surface area contributed by atoms with Gasteiger partial charge in [0.15, 0.2) is 0 Å². The van der Waals surface area contributed by atoms with Crippen LogP contribution in [0.25, 0.3) is 11.3 Å². The highest BCUT2D eigenvalue weighted by atomic mass is 19.1. The highest BCUT2D eigenvalue weighted by molar-refractivity contribution is 5.92. The summed E-state index contributed by atoms with van der Waals surface area (Å²) in [7, 11) is 0. The third kappa shape index (κ3) is 9.23. The number of carbonyl (C=O) groups excluding carboxylic acids is 2. The van der Waals surface area contributed by atoms with Crippen molar-refractivity contribution in [2.45, 2.75) is 51.6 Å². The molecule has 152 valence electrons. The molecule has 1 atom stereocenters. The van der Waals surface area contributed by atoms with Crippen molar-refractivity contribution in [2.75, 3.05) is 0 Å². The molecule has 0 bridgehead atoms. The molecule has 1 aliphatic rings. The molecule has 1 fully saturated rings. The highest BCUT2D eigenvalue weighted by Crippen LogP contribution is 2.17. The number of benzene rings is 1. The van der Waals surface area contributed by atoms with Gasteiger partial charge in [-0.25, -0.2) is 4.39 Å². The van der Waals surface area contributed by atoms with Crippen molar-refractivity contribution in [1.29, 1.82) is 0 Å². The Morgan fingerprint density at radius 3 is 1.93 bits per heavy atom. The van der Waals surface area contributed by atoms with Crippen LogP contribution < -0.4 is 11.5 Å². The van der Waals surface area contributed by atoms with Crippen molar-refractivity contribution < 1.29 is 19.1 Å². The topological polar surface area (TPSA) is 119 Å². The molecule has 2 amide bonds. The average Bonchev–Trinajstić information content (AvgIpc) is 2.70. The zero-order valence-electron chi connectivity index (χ0n) is 16.1. The second-order valence-corrected chi connectivity index (χ2v) is 6.51. The van der Waals surface area contributed by atoms with Crippen molar-refractivity contribution in [2.24, 2.45) is 11.5 Å². The monoisotopic (exact) mass is 389 g/mol. The molecule has 28 heavy (non-hydrogen) atoms. The third-order valence-electron chi connectivity index (χ3n) is 4.08. The number of rotatable bonds is 3. The largest absolute Gasteiger partial charge is 0.384 e. The first kappa shape index (κ1) is 23.2. The van der Waals surface area contributed by atoms with Gasteiger partial charge in [0, 0.05) is 11.8 Å². The molecule has 5 N–H and O–H groups in total. The standard InChI is InChI=1S/C12H9FN2O.C6H12.C3H7NO2/c13-10-3-1-2-8(6-10)11-5-4-9(7-15-11)12(14)16;1-2-4-6-5-3-1;1-2(5)3(4)6/h1-7H,(H2,14,16);1-6H2;2,5H,1H3,(H2,4,6)/t;;2-/m..0/s1. The van der Waals surface area contributed by atoms with Crippen LogP contribution in [0.15, 0.2) is 42.6 Å². The number of hydrogen-bond donors (Lipinski definition) is 3. The van der Waals surface area contributed by atoms with Crippen LogP contribution in [0.4, 0.5) is 4.39 Å². The SMILES string of the molecule is C1CCCCC1.C[C@H](O)C(N)=O.NC(=O)c1ccc(-c2cccc(F)c2)nc1. The first-order valence-electron chi connectivity index (χ1n) is 9.30. The molecule has 1 aromatic heterocycles. The van der Waals surface area contributed by atoms with E-state index in [1.165, 1.54) is 63.8 Å². The van der Waals surface area contributed by atoms with Crippen LogP contribution >= 0.6 is 0 Å². The van der Waals surface area contributed by atoms with E-state index in [-0.39, 0.29) is 5.82 Å². The molecule has 7 heteroatoms. The molecule has 0 saturated heterocycles. The summed E-state index contributed by atoms with van der Waals surface area (Å²) >= 11 is 0. The van der Waals surface area contributed by atoms with Crippen LogP contribution in [0, 0.1) is 5.82 Å². The molecular formula is C21H28FN3O3. The van der Waals surface area contributed by atoms with Crippen molar-refractivity contribution >= 4 is 11.8 Å². The van der Waals surface area contributed by atoms with Crippen LogP contribution in [0.1, 0.15) is 55.8 Å². The number of nitrogens with zero attached hydrogens (tertiary/aromatic N) is 1. The Labute approximate surface area is 164 Å². The van der Waals surface area contributed by atoms with Gasteiger partial charge in [-0.1, -0.05) is 50.7 Å². The van der Waals surface area contributed by atoms with E-state index in [4.69, 9.17) is 10.8 Å². The van der Waals surface area contributed by atoms with Crippen molar-refractivity contribution in [3.05, 3.63) is 54.0 Å². The number of halogens is 1. The van der Waals surface area contributed by atoms with Crippen LogP contribution in [0.2, 0.25) is 0 Å². The van der Waals surface area contributed by atoms with Gasteiger partial charge >= 0.3 is 0 Å². The predicted molar refractivity (Wildman–Crippen MR) is 107 cm³/mol. The number of primary amides is 2. The van der Waals surface area contributed by atoms with Gasteiger partial charge in [-0.15, -0.1) is 0 Å². The first-order chi connectivity index (χ1) is 13.3. The lowest BCUT2D eigenvalue weighted by Gasteiger charge is -2.05. The third-order valence-corrected chi connectivity index (χ3v) is 4.08. The molecule has 1 aliphatic carbocycles. The minimum Gasteiger partial charge on any atom is -0.384 e. The molecule has 0 unspecified atom stereocenters. The van der Waals surface area contributed by atoms with E-state index in [2.05, 4.69) is 10.7 Å². The lowest BCUT2D eigenvalue weighted by molar-refractivity contribution is -0.125. The van der Waals surface area contributed by atoms with E-state index < -0.39 is 17.9 Å². The fraction of sp³-hybridized carbons (Fsp3) is 0.381. The maximum atomic E-state index is 13.0. The first-order valence-corrected chi connectivity index (χ1v) is 9.30. The zero-order chi connectivity index (χ0) is 20.9. The summed E-state index contributed by atoms with van der Waals surface area (Å²) in [5.74, 6) is -1.54. The van der Waals surface area contributed by atoms with E-state index >= 15 is 0 Å². The lowest BCUT2D eigenvalue weighted by atomic mass is 10.0. The zero-order valence-corrected chi connectivity index (χ0v) is 16.1. The second kappa shape index (κ2) is 12.6. The van der Waals surface area contributed by atoms with Gasteiger partial charge < -0.3 is 16.6 Å². The maximum Gasteiger partial charge on any atom is 0.250 e. The fourth-order valence-electron chi connectivity index (χ4n) is 2.42. The quantitative estimate of drug-likeness (QED) is 0.747. The van der Waals surface area contributed by atoms with Gasteiger partial charge in [-0.3, -0.25) is 14.6 Å². The Morgan fingerprint density at radius 2 is 1.57 bits per heavy atom. The summed E-state index contributed by atoms with van der Waals surface area (Å²) in [5, 5.41) is 8.16. The molecule has 3 rings (SSSR count). The Morgan fingerprint density at radius 1 is 1.04 bits per heavy atom. The van der Waals surface area contributed by atoms with Gasteiger partial charge in [-0.2, -0.15) is 0 Å². The van der Waals surface area contributed by atoms with Crippen LogP contribution in [0.5, 0.6) is 0 Å². The average molecular weight is 389 g/mol. The molecule has 6 nitrogen and oxygen atoms in total. The molecule has 0 spiro atoms. The molecule has 1 saturated carbocycles. The Kier molecular flexibility index (Phi) is 10.4. The van der Waals surface area contributed by atoms with E-state index in [0.717, 1.165) is 0 Å². The van der Waals surface area contributed by atoms with Gasteiger partial charge in [0.05, 0.1) is 11.3 Å². The molecule has 1 heterocycles. The molecule has 1 aromatic carbocycles. The van der Waals surface area contributed by atoms with Crippen LogP contribution in [-0.2, 0) is 4.79 Å². The smallest absolute Gasteiger partial charge is 0.250 e. The number of hydrogen-bond acceptors (Lipinski definition) is 4. The number of carbonyl (C=O) groups is 2. The number of nitrogens with two attached hydrogens (primary N) is 2.